The van der Waals surface area contributed by atoms with Crippen molar-refractivity contribution in [1.29, 1.82) is 0 Å². The average molecular weight is 542 g/mol. The van der Waals surface area contributed by atoms with Gasteiger partial charge in [0.25, 0.3) is 0 Å². The lowest BCUT2D eigenvalue weighted by atomic mass is 9.82. The summed E-state index contributed by atoms with van der Waals surface area (Å²) < 4.78 is 25.1. The molecule has 2 fully saturated rings. The third kappa shape index (κ3) is 7.22. The third-order valence-corrected chi connectivity index (χ3v) is 7.59. The van der Waals surface area contributed by atoms with Crippen LogP contribution in [0.2, 0.25) is 0 Å². The minimum Gasteiger partial charge on any atom is -0.462 e. The summed E-state index contributed by atoms with van der Waals surface area (Å²) in [5.74, 6) is -0.880. The number of carbonyl (C=O) groups is 2. The fraction of sp³-hybridized carbons (Fsp3) is 0.581. The van der Waals surface area contributed by atoms with Crippen molar-refractivity contribution in [2.24, 2.45) is 0 Å². The largest absolute Gasteiger partial charge is 0.462 e. The maximum absolute atomic E-state index is 14.0. The van der Waals surface area contributed by atoms with Gasteiger partial charge in [0, 0.05) is 24.2 Å². The summed E-state index contributed by atoms with van der Waals surface area (Å²) in [5.41, 5.74) is 5.80. The van der Waals surface area contributed by atoms with Crippen molar-refractivity contribution in [3.8, 4) is 11.1 Å². The number of aromatic nitrogens is 1. The van der Waals surface area contributed by atoms with Crippen LogP contribution in [-0.2, 0) is 31.9 Å². The zero-order valence-corrected chi connectivity index (χ0v) is 23.3. The van der Waals surface area contributed by atoms with Crippen LogP contribution in [0.1, 0.15) is 101 Å². The van der Waals surface area contributed by atoms with Gasteiger partial charge < -0.3 is 19.7 Å². The van der Waals surface area contributed by atoms with Gasteiger partial charge in [0.15, 0.2) is 0 Å². The summed E-state index contributed by atoms with van der Waals surface area (Å²) in [6.45, 7) is 8.38. The number of carbonyl (C=O) groups excluding carboxylic acids is 2. The number of nitrogens with zero attached hydrogens (tertiary/aromatic N) is 1. The van der Waals surface area contributed by atoms with Crippen molar-refractivity contribution in [2.75, 3.05) is 0 Å². The zero-order valence-electron chi connectivity index (χ0n) is 23.3. The molecule has 2 aromatic rings. The summed E-state index contributed by atoms with van der Waals surface area (Å²) in [5, 5.41) is 20.2. The quantitative estimate of drug-likeness (QED) is 0.424. The molecular weight excluding hydrogens is 501 g/mol. The first-order valence-electron chi connectivity index (χ1n) is 14.1. The average Bonchev–Trinajstić information content (AvgIpc) is 2.85. The molecule has 1 aromatic heterocycles. The molecule has 2 N–H and O–H groups in total. The van der Waals surface area contributed by atoms with Gasteiger partial charge in [-0.25, -0.2) is 4.39 Å². The van der Waals surface area contributed by atoms with E-state index in [4.69, 9.17) is 14.5 Å². The Bertz CT molecular complexity index is 1110. The topological polar surface area (TPSA) is 106 Å². The van der Waals surface area contributed by atoms with E-state index in [-0.39, 0.29) is 42.4 Å². The number of hydrogen-bond acceptors (Lipinski definition) is 7. The molecule has 0 spiro atoms. The number of rotatable bonds is 9. The predicted octanol–water partition coefficient (Wildman–Crippen LogP) is 5.13. The molecule has 0 aliphatic carbocycles. The van der Waals surface area contributed by atoms with Gasteiger partial charge in [0.1, 0.15) is 18.0 Å². The van der Waals surface area contributed by atoms with Gasteiger partial charge in [-0.05, 0) is 71.9 Å². The summed E-state index contributed by atoms with van der Waals surface area (Å²) in [6, 6.07) is 6.46. The molecule has 1 aromatic carbocycles. The number of aliphatic hydroxyl groups is 2. The molecule has 4 atom stereocenters. The van der Waals surface area contributed by atoms with Gasteiger partial charge in [-0.15, -0.1) is 0 Å². The van der Waals surface area contributed by atoms with Crippen LogP contribution >= 0.6 is 0 Å². The highest BCUT2D eigenvalue weighted by molar-refractivity contribution is 5.74. The lowest BCUT2D eigenvalue weighted by molar-refractivity contribution is -0.161. The van der Waals surface area contributed by atoms with Gasteiger partial charge in [0.05, 0.1) is 25.0 Å². The molecule has 8 heteroatoms. The third-order valence-electron chi connectivity index (χ3n) is 7.59. The molecule has 0 saturated carbocycles. The normalized spacial score (nSPS) is 23.7. The van der Waals surface area contributed by atoms with Crippen LogP contribution in [0.25, 0.3) is 11.1 Å². The van der Waals surface area contributed by atoms with Gasteiger partial charge in [-0.3, -0.25) is 14.6 Å². The molecule has 7 nitrogen and oxygen atoms in total. The molecule has 3 heterocycles. The maximum Gasteiger partial charge on any atom is 0.308 e. The Hall–Kier alpha value is -2.84. The number of cyclic esters (lactones) is 2. The molecule has 2 aliphatic heterocycles. The Morgan fingerprint density at radius 2 is 1.26 bits per heavy atom. The van der Waals surface area contributed by atoms with E-state index in [0.717, 1.165) is 33.6 Å². The monoisotopic (exact) mass is 541 g/mol. The summed E-state index contributed by atoms with van der Waals surface area (Å²) in [4.78, 5) is 29.1. The van der Waals surface area contributed by atoms with Crippen LogP contribution < -0.4 is 0 Å². The van der Waals surface area contributed by atoms with Crippen molar-refractivity contribution in [3.05, 3.63) is 52.6 Å². The van der Waals surface area contributed by atoms with Gasteiger partial charge >= 0.3 is 11.9 Å². The predicted molar refractivity (Wildman–Crippen MR) is 145 cm³/mol. The summed E-state index contributed by atoms with van der Waals surface area (Å²) in [7, 11) is 0. The van der Waals surface area contributed by atoms with E-state index in [2.05, 4.69) is 27.7 Å². The molecule has 0 bridgehead atoms. The second kappa shape index (κ2) is 12.6. The van der Waals surface area contributed by atoms with Crippen molar-refractivity contribution >= 4 is 11.9 Å². The van der Waals surface area contributed by atoms with E-state index >= 15 is 0 Å². The van der Waals surface area contributed by atoms with Crippen molar-refractivity contribution < 1.29 is 33.7 Å². The van der Waals surface area contributed by atoms with Crippen LogP contribution in [0.3, 0.4) is 0 Å². The Balaban J connectivity index is 1.79. The fourth-order valence-corrected chi connectivity index (χ4v) is 5.82. The van der Waals surface area contributed by atoms with E-state index in [1.54, 1.807) is 12.1 Å². The number of benzene rings is 1. The number of aliphatic hydroxyl groups excluding tert-OH is 2. The van der Waals surface area contributed by atoms with Crippen LogP contribution in [-0.4, -0.2) is 51.6 Å². The van der Waals surface area contributed by atoms with E-state index in [1.165, 1.54) is 12.1 Å². The second-order valence-electron chi connectivity index (χ2n) is 11.5. The van der Waals surface area contributed by atoms with Crippen LogP contribution in [0.15, 0.2) is 24.3 Å². The van der Waals surface area contributed by atoms with Crippen molar-refractivity contribution in [1.82, 2.24) is 4.98 Å². The van der Waals surface area contributed by atoms with E-state index in [1.807, 2.05) is 0 Å². The van der Waals surface area contributed by atoms with Crippen LogP contribution in [0.4, 0.5) is 4.39 Å². The smallest absolute Gasteiger partial charge is 0.308 e. The van der Waals surface area contributed by atoms with Crippen LogP contribution in [0, 0.1) is 5.82 Å². The molecule has 0 amide bonds. The first kappa shape index (κ1) is 29.2. The number of halogens is 1. The van der Waals surface area contributed by atoms with Gasteiger partial charge in [-0.2, -0.15) is 0 Å². The van der Waals surface area contributed by atoms with Gasteiger partial charge in [0.2, 0.25) is 0 Å². The molecule has 4 unspecified atom stereocenters. The molecule has 0 radical (unpaired) electrons. The first-order valence-corrected chi connectivity index (χ1v) is 14.1. The second-order valence-corrected chi connectivity index (χ2v) is 11.5. The first-order chi connectivity index (χ1) is 18.5. The van der Waals surface area contributed by atoms with Gasteiger partial charge in [-0.1, -0.05) is 39.8 Å². The number of ether oxygens (including phenoxy) is 2. The Kier molecular flexibility index (Phi) is 9.39. The zero-order chi connectivity index (χ0) is 28.3. The van der Waals surface area contributed by atoms with E-state index < -0.39 is 24.4 Å². The molecule has 39 heavy (non-hydrogen) atoms. The summed E-state index contributed by atoms with van der Waals surface area (Å²) >= 11 is 0. The Morgan fingerprint density at radius 1 is 0.821 bits per heavy atom. The van der Waals surface area contributed by atoms with E-state index in [9.17, 15) is 24.2 Å². The highest BCUT2D eigenvalue weighted by Gasteiger charge is 2.31. The summed E-state index contributed by atoms with van der Waals surface area (Å²) in [6.07, 6.45) is 0.844. The van der Waals surface area contributed by atoms with Crippen LogP contribution in [0.5, 0.6) is 0 Å². The molecule has 2 aliphatic rings. The Labute approximate surface area is 229 Å². The highest BCUT2D eigenvalue weighted by Crippen LogP contribution is 2.39. The molecular formula is C31H40FNO6. The minimum atomic E-state index is -0.706. The minimum absolute atomic E-state index is 0.0177. The van der Waals surface area contributed by atoms with Crippen molar-refractivity contribution in [2.45, 2.75) is 115 Å². The number of esters is 2. The SMILES string of the molecule is CC(C)c1nc(C(C)C)c(CCC2CC(O)CC(=O)O2)c(-c2ccc(F)cc2)c1CCC1CC(O)CC(=O)O1. The van der Waals surface area contributed by atoms with E-state index in [0.29, 0.717) is 38.5 Å². The lowest BCUT2D eigenvalue weighted by Crippen LogP contribution is -2.33. The lowest BCUT2D eigenvalue weighted by Gasteiger charge is -2.29. The number of pyridine rings is 1. The maximum atomic E-state index is 14.0. The standard InChI is InChI=1S/C31H40FNO6/c1-17(2)30-25(11-9-23-13-21(34)15-27(36)38-23)29(19-5-7-20(32)8-6-19)26(31(33-30)18(3)4)12-10-24-14-22(35)16-28(37)39-24/h5-8,17-18,21-24,34-35H,9-16H2,1-4H3. The number of hydrogen-bond donors (Lipinski definition) is 2. The van der Waals surface area contributed by atoms with Crippen molar-refractivity contribution in [3.63, 3.8) is 0 Å². The Morgan fingerprint density at radius 3 is 1.64 bits per heavy atom. The molecule has 2 saturated heterocycles. The fourth-order valence-electron chi connectivity index (χ4n) is 5.82. The molecule has 212 valence electrons. The molecule has 4 rings (SSSR count). The highest BCUT2D eigenvalue weighted by atomic mass is 19.1.